The number of sulfonamides is 1. The number of allylic oxidation sites excluding steroid dienone is 2. The number of aryl methyl sites for hydroxylation is 1. The molecule has 1 heterocycles. The predicted molar refractivity (Wildman–Crippen MR) is 123 cm³/mol. The first-order valence-corrected chi connectivity index (χ1v) is 13.4. The number of rotatable bonds is 9. The van der Waals surface area contributed by atoms with Crippen molar-refractivity contribution in [2.75, 3.05) is 13.1 Å². The van der Waals surface area contributed by atoms with Crippen LogP contribution in [0.25, 0.3) is 0 Å². The maximum atomic E-state index is 12.9. The molecule has 3 fully saturated rings. The third-order valence-electron chi connectivity index (χ3n) is 7.51. The van der Waals surface area contributed by atoms with Gasteiger partial charge in [-0.1, -0.05) is 29.8 Å². The number of hydrogen-bond acceptors (Lipinski definition) is 3. The molecule has 1 aromatic rings. The van der Waals surface area contributed by atoms with Gasteiger partial charge in [-0.15, -0.1) is 0 Å². The lowest BCUT2D eigenvalue weighted by atomic mass is 9.83. The zero-order valence-electron chi connectivity index (χ0n) is 18.6. The Morgan fingerprint density at radius 2 is 1.81 bits per heavy atom. The van der Waals surface area contributed by atoms with Crippen molar-refractivity contribution in [3.8, 4) is 0 Å². The van der Waals surface area contributed by atoms with Crippen LogP contribution >= 0.6 is 0 Å². The monoisotopic (exact) mass is 444 g/mol. The summed E-state index contributed by atoms with van der Waals surface area (Å²) in [6, 6.07) is 7.13. The topological polar surface area (TPSA) is 66.5 Å². The Bertz CT molecular complexity index is 888. The number of likely N-dealkylation sites (tertiary alicyclic amines) is 1. The standard InChI is InChI=1S/C25H36N2O3S/c1-19-10-14-22(15-11-19)31(29,30)26-25-21-13-12-20(18-21)23(25)8-4-2-3-5-9-24(28)27-16-6-7-17-27/h2,4,10-11,14-15,20-21,23,25-26H,3,5-9,12-13,16-18H2,1H3/b4-2-. The zero-order valence-corrected chi connectivity index (χ0v) is 19.4. The third kappa shape index (κ3) is 5.40. The number of hydrogen-bond donors (Lipinski definition) is 1. The van der Waals surface area contributed by atoms with Crippen molar-refractivity contribution < 1.29 is 13.2 Å². The van der Waals surface area contributed by atoms with E-state index in [0.29, 0.717) is 35.0 Å². The summed E-state index contributed by atoms with van der Waals surface area (Å²) in [4.78, 5) is 14.5. The van der Waals surface area contributed by atoms with Crippen LogP contribution in [0.4, 0.5) is 0 Å². The Kier molecular flexibility index (Phi) is 7.17. The molecule has 4 unspecified atom stereocenters. The molecule has 1 amide bonds. The minimum absolute atomic E-state index is 0.0337. The summed E-state index contributed by atoms with van der Waals surface area (Å²) in [5.74, 6) is 1.75. The molecule has 4 atom stereocenters. The first kappa shape index (κ1) is 22.5. The van der Waals surface area contributed by atoms with E-state index in [1.165, 1.54) is 6.42 Å². The molecule has 1 N–H and O–H groups in total. The smallest absolute Gasteiger partial charge is 0.240 e. The van der Waals surface area contributed by atoms with E-state index in [0.717, 1.165) is 63.6 Å². The number of amides is 1. The van der Waals surface area contributed by atoms with Crippen LogP contribution in [0.1, 0.15) is 63.4 Å². The number of nitrogens with zero attached hydrogens (tertiary/aromatic N) is 1. The molecular weight excluding hydrogens is 408 g/mol. The second-order valence-electron chi connectivity index (χ2n) is 9.64. The van der Waals surface area contributed by atoms with Gasteiger partial charge in [-0.05, 0) is 88.2 Å². The van der Waals surface area contributed by atoms with Crippen molar-refractivity contribution in [1.82, 2.24) is 9.62 Å². The van der Waals surface area contributed by atoms with Gasteiger partial charge < -0.3 is 4.90 Å². The van der Waals surface area contributed by atoms with Crippen LogP contribution in [0.2, 0.25) is 0 Å². The van der Waals surface area contributed by atoms with Gasteiger partial charge in [0, 0.05) is 25.6 Å². The number of carbonyl (C=O) groups excluding carboxylic acids is 1. The molecule has 2 bridgehead atoms. The van der Waals surface area contributed by atoms with E-state index in [4.69, 9.17) is 0 Å². The first-order chi connectivity index (χ1) is 14.9. The molecule has 5 nitrogen and oxygen atoms in total. The van der Waals surface area contributed by atoms with E-state index >= 15 is 0 Å². The molecular formula is C25H36N2O3S. The van der Waals surface area contributed by atoms with E-state index < -0.39 is 10.0 Å². The van der Waals surface area contributed by atoms with E-state index in [1.54, 1.807) is 12.1 Å². The lowest BCUT2D eigenvalue weighted by Crippen LogP contribution is -2.43. The fraction of sp³-hybridized carbons (Fsp3) is 0.640. The van der Waals surface area contributed by atoms with E-state index in [9.17, 15) is 13.2 Å². The molecule has 1 saturated heterocycles. The molecule has 170 valence electrons. The minimum atomic E-state index is -3.49. The second kappa shape index (κ2) is 9.86. The summed E-state index contributed by atoms with van der Waals surface area (Å²) in [5.41, 5.74) is 1.06. The zero-order chi connectivity index (χ0) is 21.8. The summed E-state index contributed by atoms with van der Waals surface area (Å²) >= 11 is 0. The number of carbonyl (C=O) groups is 1. The van der Waals surface area contributed by atoms with E-state index in [2.05, 4.69) is 16.9 Å². The maximum Gasteiger partial charge on any atom is 0.240 e. The molecule has 1 aromatic carbocycles. The fourth-order valence-corrected chi connectivity index (χ4v) is 7.12. The van der Waals surface area contributed by atoms with Crippen molar-refractivity contribution in [2.24, 2.45) is 17.8 Å². The van der Waals surface area contributed by atoms with E-state index in [-0.39, 0.29) is 6.04 Å². The quantitative estimate of drug-likeness (QED) is 0.453. The lowest BCUT2D eigenvalue weighted by Gasteiger charge is -2.31. The minimum Gasteiger partial charge on any atom is -0.343 e. The summed E-state index contributed by atoms with van der Waals surface area (Å²) in [6.07, 6.45) is 13.6. The average molecular weight is 445 g/mol. The van der Waals surface area contributed by atoms with Crippen molar-refractivity contribution >= 4 is 15.9 Å². The Morgan fingerprint density at radius 3 is 2.55 bits per heavy atom. The molecule has 1 aliphatic heterocycles. The van der Waals surface area contributed by atoms with Crippen molar-refractivity contribution in [1.29, 1.82) is 0 Å². The van der Waals surface area contributed by atoms with Crippen LogP contribution in [-0.2, 0) is 14.8 Å². The van der Waals surface area contributed by atoms with Crippen molar-refractivity contribution in [3.05, 3.63) is 42.0 Å². The average Bonchev–Trinajstić information content (AvgIpc) is 3.49. The van der Waals surface area contributed by atoms with Gasteiger partial charge in [0.05, 0.1) is 4.90 Å². The molecule has 31 heavy (non-hydrogen) atoms. The summed E-state index contributed by atoms with van der Waals surface area (Å²) < 4.78 is 28.9. The van der Waals surface area contributed by atoms with Crippen LogP contribution in [0.5, 0.6) is 0 Å². The van der Waals surface area contributed by atoms with Crippen LogP contribution in [0.15, 0.2) is 41.3 Å². The van der Waals surface area contributed by atoms with Crippen molar-refractivity contribution in [2.45, 2.75) is 75.6 Å². The van der Waals surface area contributed by atoms with Gasteiger partial charge in [0.25, 0.3) is 0 Å². The van der Waals surface area contributed by atoms with Crippen LogP contribution in [0.3, 0.4) is 0 Å². The highest BCUT2D eigenvalue weighted by atomic mass is 32.2. The van der Waals surface area contributed by atoms with E-state index in [1.807, 2.05) is 24.0 Å². The lowest BCUT2D eigenvalue weighted by molar-refractivity contribution is -0.130. The molecule has 2 aliphatic carbocycles. The van der Waals surface area contributed by atoms with Gasteiger partial charge in [-0.25, -0.2) is 13.1 Å². The number of nitrogens with one attached hydrogen (secondary N) is 1. The number of benzene rings is 1. The predicted octanol–water partition coefficient (Wildman–Crippen LogP) is 4.43. The SMILES string of the molecule is Cc1ccc(S(=O)(=O)NC2C3CCC(C3)C2C/C=C\CCCC(=O)N2CCCC2)cc1. The van der Waals surface area contributed by atoms with Crippen LogP contribution < -0.4 is 4.72 Å². The molecule has 0 aromatic heterocycles. The normalized spacial score (nSPS) is 28.1. The molecule has 3 aliphatic rings. The second-order valence-corrected chi connectivity index (χ2v) is 11.4. The van der Waals surface area contributed by atoms with Gasteiger partial charge in [0.2, 0.25) is 15.9 Å². The maximum absolute atomic E-state index is 12.9. The Morgan fingerprint density at radius 1 is 1.10 bits per heavy atom. The highest BCUT2D eigenvalue weighted by molar-refractivity contribution is 7.89. The Balaban J connectivity index is 1.28. The third-order valence-corrected chi connectivity index (χ3v) is 8.98. The Hall–Kier alpha value is -1.66. The van der Waals surface area contributed by atoms with Gasteiger partial charge in [-0.3, -0.25) is 4.79 Å². The highest BCUT2D eigenvalue weighted by Gasteiger charge is 2.48. The van der Waals surface area contributed by atoms with Gasteiger partial charge in [-0.2, -0.15) is 0 Å². The number of unbranched alkanes of at least 4 members (excludes halogenated alkanes) is 1. The molecule has 0 radical (unpaired) electrons. The van der Waals surface area contributed by atoms with Crippen LogP contribution in [-0.4, -0.2) is 38.4 Å². The summed E-state index contributed by atoms with van der Waals surface area (Å²) in [5, 5.41) is 0. The molecule has 0 spiro atoms. The van der Waals surface area contributed by atoms with Gasteiger partial charge in [0.1, 0.15) is 0 Å². The van der Waals surface area contributed by atoms with Gasteiger partial charge >= 0.3 is 0 Å². The summed E-state index contributed by atoms with van der Waals surface area (Å²) in [7, 11) is -3.49. The fourth-order valence-electron chi connectivity index (χ4n) is 5.76. The molecule has 4 rings (SSSR count). The van der Waals surface area contributed by atoms with Crippen LogP contribution in [0, 0.1) is 24.7 Å². The number of fused-ring (bicyclic) bond motifs is 2. The van der Waals surface area contributed by atoms with Gasteiger partial charge in [0.15, 0.2) is 0 Å². The highest BCUT2D eigenvalue weighted by Crippen LogP contribution is 2.50. The Labute approximate surface area is 187 Å². The largest absolute Gasteiger partial charge is 0.343 e. The first-order valence-electron chi connectivity index (χ1n) is 12.0. The molecule has 2 saturated carbocycles. The van der Waals surface area contributed by atoms with Crippen molar-refractivity contribution in [3.63, 3.8) is 0 Å². The molecule has 6 heteroatoms. The summed E-state index contributed by atoms with van der Waals surface area (Å²) in [6.45, 7) is 3.82.